The van der Waals surface area contributed by atoms with Crippen LogP contribution < -0.4 is 20.1 Å². The number of hydrogen-bond donors (Lipinski definition) is 2. The number of aryl methyl sites for hydroxylation is 1. The molecule has 0 aliphatic heterocycles. The summed E-state index contributed by atoms with van der Waals surface area (Å²) < 4.78 is 19.4. The first kappa shape index (κ1) is 31.6. The molecule has 0 radical (unpaired) electrons. The van der Waals surface area contributed by atoms with Crippen molar-refractivity contribution in [2.24, 2.45) is 0 Å². The Bertz CT molecular complexity index is 1970. The number of allylic oxidation sites excluding steroid dienone is 1. The molecule has 3 heterocycles. The Balaban J connectivity index is 1.36. The smallest absolute Gasteiger partial charge is 0.410 e. The molecular weight excluding hydrogens is 584 g/mol. The van der Waals surface area contributed by atoms with Crippen molar-refractivity contribution >= 4 is 39.8 Å². The van der Waals surface area contributed by atoms with E-state index in [1.54, 1.807) is 24.7 Å². The van der Waals surface area contributed by atoms with Gasteiger partial charge in [0.15, 0.2) is 5.65 Å². The second-order valence-corrected chi connectivity index (χ2v) is 11.4. The fourth-order valence-electron chi connectivity index (χ4n) is 4.43. The molecule has 2 N–H and O–H groups in total. The van der Waals surface area contributed by atoms with Crippen molar-refractivity contribution in [2.45, 2.75) is 40.2 Å². The van der Waals surface area contributed by atoms with E-state index in [-0.39, 0.29) is 6.61 Å². The van der Waals surface area contributed by atoms with Crippen LogP contribution in [-0.2, 0) is 4.74 Å². The third-order valence-corrected chi connectivity index (χ3v) is 6.61. The molecule has 0 bridgehead atoms. The maximum Gasteiger partial charge on any atom is 0.410 e. The zero-order valence-corrected chi connectivity index (χ0v) is 26.7. The topological polar surface area (TPSA) is 128 Å². The van der Waals surface area contributed by atoms with Crippen LogP contribution in [0.5, 0.6) is 17.2 Å². The van der Waals surface area contributed by atoms with Gasteiger partial charge < -0.3 is 29.7 Å². The highest BCUT2D eigenvalue weighted by Gasteiger charge is 2.20. The summed E-state index contributed by atoms with van der Waals surface area (Å²) in [6.45, 7) is 13.7. The highest BCUT2D eigenvalue weighted by Crippen LogP contribution is 2.35. The van der Waals surface area contributed by atoms with Crippen LogP contribution in [0.1, 0.15) is 33.3 Å². The molecule has 12 heteroatoms. The van der Waals surface area contributed by atoms with E-state index in [2.05, 4.69) is 49.1 Å². The number of nitrogens with zero attached hydrogens (tertiary/aromatic N) is 6. The van der Waals surface area contributed by atoms with E-state index in [1.807, 2.05) is 70.2 Å². The minimum Gasteiger partial charge on any atom is -0.489 e. The van der Waals surface area contributed by atoms with Crippen LogP contribution in [0.25, 0.3) is 16.6 Å². The van der Waals surface area contributed by atoms with Crippen molar-refractivity contribution in [3.8, 4) is 29.1 Å². The summed E-state index contributed by atoms with van der Waals surface area (Å²) in [5, 5.41) is 11.5. The summed E-state index contributed by atoms with van der Waals surface area (Å²) in [6.07, 6.45) is 4.36. The van der Waals surface area contributed by atoms with Crippen molar-refractivity contribution in [1.82, 2.24) is 29.5 Å². The van der Waals surface area contributed by atoms with Gasteiger partial charge in [-0.1, -0.05) is 12.5 Å². The minimum atomic E-state index is -0.587. The average molecular weight is 621 g/mol. The number of carbonyl (C=O) groups is 1. The van der Waals surface area contributed by atoms with Gasteiger partial charge >= 0.3 is 6.09 Å². The van der Waals surface area contributed by atoms with Crippen LogP contribution in [0.4, 0.5) is 22.0 Å². The first-order valence-corrected chi connectivity index (χ1v) is 14.6. The van der Waals surface area contributed by atoms with Crippen LogP contribution in [0, 0.1) is 18.8 Å². The lowest BCUT2D eigenvalue weighted by Gasteiger charge is -2.24. The zero-order chi connectivity index (χ0) is 32.8. The molecule has 0 fully saturated rings. The molecule has 2 aromatic carbocycles. The van der Waals surface area contributed by atoms with Gasteiger partial charge in [-0.05, 0) is 76.4 Å². The Morgan fingerprint density at radius 2 is 1.89 bits per heavy atom. The number of hydrogen-bond acceptors (Lipinski definition) is 10. The summed E-state index contributed by atoms with van der Waals surface area (Å²) in [5.41, 5.74) is 3.64. The number of anilines is 3. The second-order valence-electron chi connectivity index (χ2n) is 11.4. The van der Waals surface area contributed by atoms with E-state index >= 15 is 0 Å². The number of fused-ring (bicyclic) bond motifs is 2. The number of aromatic nitrogens is 5. The molecule has 5 aromatic rings. The maximum atomic E-state index is 12.4. The van der Waals surface area contributed by atoms with Gasteiger partial charge in [0.25, 0.3) is 0 Å². The number of nitrogens with one attached hydrogen (secondary N) is 2. The molecule has 0 saturated carbocycles. The van der Waals surface area contributed by atoms with Crippen molar-refractivity contribution in [3.05, 3.63) is 79.2 Å². The summed E-state index contributed by atoms with van der Waals surface area (Å²) in [6, 6.07) is 13.2. The molecule has 236 valence electrons. The molecule has 12 nitrogen and oxygen atoms in total. The largest absolute Gasteiger partial charge is 0.489 e. The van der Waals surface area contributed by atoms with Gasteiger partial charge in [0, 0.05) is 36.5 Å². The first-order valence-electron chi connectivity index (χ1n) is 14.6. The molecule has 5 rings (SSSR count). The standard InChI is InChI=1S/C34H36N8O4/c1-8-9-23(3)39-28-18-26-27(19-30(28)44-15-14-41(7)33(43)46-34(4,5)6)35-20-37-32(26)40-24-10-11-29(22(2)16-24)45-25-12-13-42-31(17-25)36-21-38-42/h10-13,16-21,39H,3,14-15H2,1-2,4-7H3,(H,35,37,40). The third kappa shape index (κ3) is 7.81. The van der Waals surface area contributed by atoms with Gasteiger partial charge in [-0.2, -0.15) is 5.10 Å². The van der Waals surface area contributed by atoms with Crippen LogP contribution >= 0.6 is 0 Å². The molecule has 0 unspecified atom stereocenters. The molecule has 0 spiro atoms. The van der Waals surface area contributed by atoms with Crippen LogP contribution in [-0.4, -0.2) is 61.4 Å². The van der Waals surface area contributed by atoms with E-state index in [4.69, 9.17) is 14.2 Å². The molecule has 1 amide bonds. The van der Waals surface area contributed by atoms with Crippen LogP contribution in [0.2, 0.25) is 0 Å². The molecular formula is C34H36N8O4. The molecule has 0 aliphatic rings. The van der Waals surface area contributed by atoms with E-state index in [1.165, 1.54) is 17.6 Å². The molecule has 0 aliphatic carbocycles. The normalized spacial score (nSPS) is 11.0. The quantitative estimate of drug-likeness (QED) is 0.163. The molecule has 0 saturated heterocycles. The molecule has 46 heavy (non-hydrogen) atoms. The fourth-order valence-corrected chi connectivity index (χ4v) is 4.43. The van der Waals surface area contributed by atoms with E-state index in [0.717, 1.165) is 16.6 Å². The van der Waals surface area contributed by atoms with E-state index in [9.17, 15) is 4.79 Å². The number of carbonyl (C=O) groups excluding carboxylic acids is 1. The molecule has 3 aromatic heterocycles. The zero-order valence-electron chi connectivity index (χ0n) is 26.7. The van der Waals surface area contributed by atoms with Crippen LogP contribution in [0.3, 0.4) is 0 Å². The number of benzene rings is 2. The lowest BCUT2D eigenvalue weighted by atomic mass is 10.1. The van der Waals surface area contributed by atoms with Crippen molar-refractivity contribution in [2.75, 3.05) is 30.8 Å². The number of likely N-dealkylation sites (N-methyl/N-ethyl adjacent to an activating group) is 1. The predicted molar refractivity (Wildman–Crippen MR) is 178 cm³/mol. The number of amides is 1. The first-order chi connectivity index (χ1) is 22.0. The third-order valence-electron chi connectivity index (χ3n) is 6.61. The van der Waals surface area contributed by atoms with Gasteiger partial charge in [-0.25, -0.2) is 24.3 Å². The number of rotatable bonds is 10. The Kier molecular flexibility index (Phi) is 9.23. The highest BCUT2D eigenvalue weighted by atomic mass is 16.6. The van der Waals surface area contributed by atoms with Crippen molar-refractivity contribution in [1.29, 1.82) is 0 Å². The Morgan fingerprint density at radius 1 is 1.07 bits per heavy atom. The predicted octanol–water partition coefficient (Wildman–Crippen LogP) is 6.71. The van der Waals surface area contributed by atoms with Crippen molar-refractivity contribution in [3.63, 3.8) is 0 Å². The van der Waals surface area contributed by atoms with Gasteiger partial charge in [0.2, 0.25) is 0 Å². The second kappa shape index (κ2) is 13.4. The fraction of sp³-hybridized carbons (Fsp3) is 0.265. The Hall–Kier alpha value is -5.83. The highest BCUT2D eigenvalue weighted by molar-refractivity contribution is 5.95. The summed E-state index contributed by atoms with van der Waals surface area (Å²) >= 11 is 0. The Labute approximate surface area is 267 Å². The lowest BCUT2D eigenvalue weighted by Crippen LogP contribution is -2.36. The number of pyridine rings is 1. The lowest BCUT2D eigenvalue weighted by molar-refractivity contribution is 0.0278. The summed E-state index contributed by atoms with van der Waals surface area (Å²) in [7, 11) is 1.67. The van der Waals surface area contributed by atoms with Gasteiger partial charge in [0.05, 0.1) is 23.4 Å². The minimum absolute atomic E-state index is 0.221. The van der Waals surface area contributed by atoms with E-state index < -0.39 is 11.7 Å². The molecule has 0 atom stereocenters. The van der Waals surface area contributed by atoms with Crippen LogP contribution in [0.15, 0.2) is 73.6 Å². The van der Waals surface area contributed by atoms with Crippen molar-refractivity contribution < 1.29 is 19.0 Å². The van der Waals surface area contributed by atoms with E-state index in [0.29, 0.717) is 52.2 Å². The average Bonchev–Trinajstić information content (AvgIpc) is 3.46. The summed E-state index contributed by atoms with van der Waals surface area (Å²) in [4.78, 5) is 27.1. The number of ether oxygens (including phenoxy) is 3. The maximum absolute atomic E-state index is 12.4. The van der Waals surface area contributed by atoms with Gasteiger partial charge in [0.1, 0.15) is 47.9 Å². The monoisotopic (exact) mass is 620 g/mol. The van der Waals surface area contributed by atoms with Gasteiger partial charge in [-0.15, -0.1) is 0 Å². The SMILES string of the molecule is C=C(C#CC)Nc1cc2c(Nc3ccc(Oc4ccn5ncnc5c4)c(C)c3)ncnc2cc1OCCN(C)C(=O)OC(C)(C)C. The summed E-state index contributed by atoms with van der Waals surface area (Å²) in [5.74, 6) is 8.26. The van der Waals surface area contributed by atoms with Gasteiger partial charge in [-0.3, -0.25) is 0 Å². The Morgan fingerprint density at radius 3 is 2.65 bits per heavy atom.